The molecule has 2 aromatic carbocycles. The Hall–Kier alpha value is -3.74. The molecular formula is C34H46Cl2N6O6. The fourth-order valence-corrected chi connectivity index (χ4v) is 6.70. The van der Waals surface area contributed by atoms with Crippen LogP contribution in [-0.4, -0.2) is 110 Å². The van der Waals surface area contributed by atoms with Crippen LogP contribution in [0.4, 0.5) is 0 Å². The number of rotatable bonds is 14. The SMILES string of the molecule is COc1cc(C(=O)N(C)C/C(=N\OC/C(N)=N/O)C(CCN2CCC(N3CCCCC3=O)CC2)c2ccc(Cl)c(Cl)c2)cc(OC)c1C. The first-order valence-corrected chi connectivity index (χ1v) is 16.9. The first kappa shape index (κ1) is 37.1. The van der Waals surface area contributed by atoms with Crippen LogP contribution in [0.5, 0.6) is 11.5 Å². The maximum Gasteiger partial charge on any atom is 0.254 e. The summed E-state index contributed by atoms with van der Waals surface area (Å²) in [5.74, 6) is 0.577. The lowest BCUT2D eigenvalue weighted by atomic mass is 9.89. The number of hydrogen-bond donors (Lipinski definition) is 2. The van der Waals surface area contributed by atoms with E-state index in [2.05, 4.69) is 20.1 Å². The predicted octanol–water partition coefficient (Wildman–Crippen LogP) is 5.16. The highest BCUT2D eigenvalue weighted by Gasteiger charge is 2.31. The molecule has 12 nitrogen and oxygen atoms in total. The van der Waals surface area contributed by atoms with E-state index in [1.54, 1.807) is 50.4 Å². The fourth-order valence-electron chi connectivity index (χ4n) is 6.39. The van der Waals surface area contributed by atoms with E-state index in [1.807, 2.05) is 13.0 Å². The lowest BCUT2D eigenvalue weighted by molar-refractivity contribution is -0.136. The van der Waals surface area contributed by atoms with Gasteiger partial charge >= 0.3 is 0 Å². The molecule has 14 heteroatoms. The van der Waals surface area contributed by atoms with Gasteiger partial charge in [0.15, 0.2) is 12.4 Å². The van der Waals surface area contributed by atoms with Crippen molar-refractivity contribution < 1.29 is 29.1 Å². The van der Waals surface area contributed by atoms with Crippen LogP contribution >= 0.6 is 23.2 Å². The molecule has 0 aliphatic carbocycles. The quantitative estimate of drug-likeness (QED) is 0.119. The first-order valence-electron chi connectivity index (χ1n) is 16.2. The number of likely N-dealkylation sites (tertiary alicyclic amines) is 2. The number of nitrogens with zero attached hydrogens (tertiary/aromatic N) is 5. The van der Waals surface area contributed by atoms with E-state index in [-0.39, 0.29) is 42.8 Å². The average Bonchev–Trinajstić information content (AvgIpc) is 3.09. The summed E-state index contributed by atoms with van der Waals surface area (Å²) in [7, 11) is 4.76. The number of halogens is 2. The zero-order valence-electron chi connectivity index (χ0n) is 28.1. The van der Waals surface area contributed by atoms with Gasteiger partial charge in [-0.25, -0.2) is 0 Å². The lowest BCUT2D eigenvalue weighted by Gasteiger charge is -2.40. The van der Waals surface area contributed by atoms with Gasteiger partial charge < -0.3 is 40.0 Å². The second-order valence-electron chi connectivity index (χ2n) is 12.2. The number of carbonyl (C=O) groups is 2. The van der Waals surface area contributed by atoms with E-state index in [0.29, 0.717) is 45.7 Å². The average molecular weight is 706 g/mol. The summed E-state index contributed by atoms with van der Waals surface area (Å²) in [6.45, 7) is 5.02. The molecular weight excluding hydrogens is 659 g/mol. The van der Waals surface area contributed by atoms with Gasteiger partial charge in [-0.15, -0.1) is 0 Å². The molecule has 2 heterocycles. The van der Waals surface area contributed by atoms with Gasteiger partial charge in [-0.3, -0.25) is 9.59 Å². The van der Waals surface area contributed by atoms with E-state index < -0.39 is 0 Å². The number of amidine groups is 1. The molecule has 2 amide bonds. The van der Waals surface area contributed by atoms with E-state index in [4.69, 9.17) is 48.5 Å². The molecule has 0 spiro atoms. The van der Waals surface area contributed by atoms with Crippen molar-refractivity contribution in [3.8, 4) is 11.5 Å². The van der Waals surface area contributed by atoms with Gasteiger partial charge in [-0.1, -0.05) is 39.6 Å². The van der Waals surface area contributed by atoms with Crippen molar-refractivity contribution in [2.75, 3.05) is 60.6 Å². The second-order valence-corrected chi connectivity index (χ2v) is 13.1. The van der Waals surface area contributed by atoms with Crippen molar-refractivity contribution in [3.05, 3.63) is 57.1 Å². The first-order chi connectivity index (χ1) is 23.1. The molecule has 262 valence electrons. The Kier molecular flexibility index (Phi) is 13.6. The van der Waals surface area contributed by atoms with E-state index in [9.17, 15) is 9.59 Å². The molecule has 3 N–H and O–H groups in total. The lowest BCUT2D eigenvalue weighted by Crippen LogP contribution is -2.49. The Bertz CT molecular complexity index is 1470. The third-order valence-corrected chi connectivity index (χ3v) is 9.85. The largest absolute Gasteiger partial charge is 0.496 e. The number of hydrogen-bond acceptors (Lipinski definition) is 9. The number of amides is 2. The Morgan fingerprint density at radius 3 is 2.38 bits per heavy atom. The minimum atomic E-state index is -0.328. The molecule has 2 fully saturated rings. The van der Waals surface area contributed by atoms with Gasteiger partial charge in [0.25, 0.3) is 5.91 Å². The zero-order chi connectivity index (χ0) is 34.8. The summed E-state index contributed by atoms with van der Waals surface area (Å²) in [6, 6.07) is 9.08. The second kappa shape index (κ2) is 17.6. The molecule has 2 saturated heterocycles. The van der Waals surface area contributed by atoms with Gasteiger partial charge in [-0.05, 0) is 75.4 Å². The highest BCUT2D eigenvalue weighted by Crippen LogP contribution is 2.32. The highest BCUT2D eigenvalue weighted by atomic mass is 35.5. The van der Waals surface area contributed by atoms with Crippen LogP contribution in [-0.2, 0) is 9.63 Å². The van der Waals surface area contributed by atoms with Crippen LogP contribution in [0.2, 0.25) is 10.0 Å². The maximum absolute atomic E-state index is 13.8. The summed E-state index contributed by atoms with van der Waals surface area (Å²) in [4.78, 5) is 37.9. The monoisotopic (exact) mass is 704 g/mol. The number of nitrogens with two attached hydrogens (primary N) is 1. The normalized spacial score (nSPS) is 17.3. The zero-order valence-corrected chi connectivity index (χ0v) is 29.6. The fraction of sp³-hybridized carbons (Fsp3) is 0.529. The van der Waals surface area contributed by atoms with Crippen LogP contribution in [0.25, 0.3) is 0 Å². The summed E-state index contributed by atoms with van der Waals surface area (Å²) in [5, 5.41) is 17.3. The van der Waals surface area contributed by atoms with Crippen LogP contribution in [0, 0.1) is 6.92 Å². The molecule has 2 aliphatic rings. The summed E-state index contributed by atoms with van der Waals surface area (Å²) >= 11 is 12.8. The minimum Gasteiger partial charge on any atom is -0.496 e. The molecule has 1 unspecified atom stereocenters. The van der Waals surface area contributed by atoms with E-state index >= 15 is 0 Å². The molecule has 1 atom stereocenters. The number of piperidine rings is 2. The molecule has 0 saturated carbocycles. The van der Waals surface area contributed by atoms with Gasteiger partial charge in [0, 0.05) is 56.2 Å². The minimum absolute atomic E-state index is 0.0948. The van der Waals surface area contributed by atoms with Crippen LogP contribution in [0.1, 0.15) is 65.9 Å². The molecule has 2 aromatic rings. The number of methoxy groups -OCH3 is 2. The summed E-state index contributed by atoms with van der Waals surface area (Å²) in [5.41, 5.74) is 8.21. The smallest absolute Gasteiger partial charge is 0.254 e. The number of benzene rings is 2. The molecule has 2 aliphatic heterocycles. The Balaban J connectivity index is 1.58. The van der Waals surface area contributed by atoms with E-state index in [0.717, 1.165) is 63.0 Å². The van der Waals surface area contributed by atoms with Crippen LogP contribution in [0.15, 0.2) is 40.6 Å². The van der Waals surface area contributed by atoms with Crippen molar-refractivity contribution in [1.29, 1.82) is 0 Å². The van der Waals surface area contributed by atoms with Gasteiger partial charge in [0.05, 0.1) is 36.5 Å². The Labute approximate surface area is 292 Å². The van der Waals surface area contributed by atoms with Gasteiger partial charge in [0.2, 0.25) is 5.91 Å². The maximum atomic E-state index is 13.8. The number of carbonyl (C=O) groups excluding carboxylic acids is 2. The third-order valence-electron chi connectivity index (χ3n) is 9.11. The van der Waals surface area contributed by atoms with Crippen LogP contribution < -0.4 is 15.2 Å². The van der Waals surface area contributed by atoms with Crippen molar-refractivity contribution in [3.63, 3.8) is 0 Å². The molecule has 48 heavy (non-hydrogen) atoms. The molecule has 0 radical (unpaired) electrons. The Morgan fingerprint density at radius 2 is 1.77 bits per heavy atom. The van der Waals surface area contributed by atoms with Crippen molar-refractivity contribution in [1.82, 2.24) is 14.7 Å². The topological polar surface area (TPSA) is 143 Å². The van der Waals surface area contributed by atoms with Crippen molar-refractivity contribution in [2.24, 2.45) is 16.0 Å². The van der Waals surface area contributed by atoms with Gasteiger partial charge in [0.1, 0.15) is 11.5 Å². The van der Waals surface area contributed by atoms with Gasteiger partial charge in [-0.2, -0.15) is 0 Å². The number of oxime groups is 2. The van der Waals surface area contributed by atoms with Crippen LogP contribution in [0.3, 0.4) is 0 Å². The standard InChI is InChI=1S/C34H46Cl2N6O6/c1-22-30(46-3)18-24(19-31(22)47-4)34(44)40(2)20-29(39-48-21-32(37)38-45)26(23-8-9-27(35)28(36)17-23)12-16-41-14-10-25(11-15-41)42-13-6-5-7-33(42)43/h8-9,17-19,25-26,45H,5-7,10-16,20-21H2,1-4H3,(H2,37,38)/b39-29+. The van der Waals surface area contributed by atoms with Crippen molar-refractivity contribution >= 4 is 46.6 Å². The number of ether oxygens (including phenoxy) is 2. The molecule has 0 bridgehead atoms. The summed E-state index contributed by atoms with van der Waals surface area (Å²) < 4.78 is 11.0. The molecule has 4 rings (SSSR count). The molecule has 0 aromatic heterocycles. The predicted molar refractivity (Wildman–Crippen MR) is 187 cm³/mol. The summed E-state index contributed by atoms with van der Waals surface area (Å²) in [6.07, 6.45) is 5.17. The highest BCUT2D eigenvalue weighted by molar-refractivity contribution is 6.42. The van der Waals surface area contributed by atoms with E-state index in [1.165, 1.54) is 0 Å². The third kappa shape index (κ3) is 9.45. The van der Waals surface area contributed by atoms with Crippen molar-refractivity contribution in [2.45, 2.75) is 57.4 Å². The Morgan fingerprint density at radius 1 is 1.08 bits per heavy atom.